The third-order valence-electron chi connectivity index (χ3n) is 4.02. The van der Waals surface area contributed by atoms with Crippen molar-refractivity contribution < 1.29 is 18.8 Å². The first-order chi connectivity index (χ1) is 11.1. The number of amides is 2. The predicted octanol–water partition coefficient (Wildman–Crippen LogP) is 1.98. The quantitative estimate of drug-likeness (QED) is 0.739. The predicted molar refractivity (Wildman–Crippen MR) is 84.9 cm³/mol. The molecular weight excluding hydrogens is 298 g/mol. The molecule has 0 bridgehead atoms. The summed E-state index contributed by atoms with van der Waals surface area (Å²) in [6.45, 7) is 2.88. The van der Waals surface area contributed by atoms with Gasteiger partial charge in [0.25, 0.3) is 0 Å². The van der Waals surface area contributed by atoms with Gasteiger partial charge in [-0.05, 0) is 26.2 Å². The first kappa shape index (κ1) is 17.5. The Hall–Kier alpha value is -1.89. The van der Waals surface area contributed by atoms with Gasteiger partial charge >= 0.3 is 0 Å². The fraction of sp³-hybridized carbons (Fsp3) is 0.688. The van der Waals surface area contributed by atoms with Crippen molar-refractivity contribution in [2.75, 3.05) is 32.1 Å². The van der Waals surface area contributed by atoms with Crippen LogP contribution in [0, 0.1) is 12.8 Å². The molecule has 1 aliphatic carbocycles. The third-order valence-corrected chi connectivity index (χ3v) is 4.02. The van der Waals surface area contributed by atoms with E-state index in [2.05, 4.69) is 10.5 Å². The Balaban J connectivity index is 1.92. The van der Waals surface area contributed by atoms with E-state index in [-0.39, 0.29) is 24.3 Å². The van der Waals surface area contributed by atoms with Gasteiger partial charge in [0.1, 0.15) is 5.76 Å². The summed E-state index contributed by atoms with van der Waals surface area (Å²) < 4.78 is 9.96. The van der Waals surface area contributed by atoms with Gasteiger partial charge in [0.05, 0.1) is 6.54 Å². The van der Waals surface area contributed by atoms with Gasteiger partial charge in [0, 0.05) is 32.2 Å². The Bertz CT molecular complexity index is 523. The summed E-state index contributed by atoms with van der Waals surface area (Å²) in [4.78, 5) is 26.4. The van der Waals surface area contributed by atoms with E-state index in [0.29, 0.717) is 31.2 Å². The van der Waals surface area contributed by atoms with Crippen molar-refractivity contribution in [1.82, 2.24) is 10.1 Å². The van der Waals surface area contributed by atoms with Crippen molar-refractivity contribution in [3.05, 3.63) is 11.8 Å². The number of aromatic nitrogens is 1. The van der Waals surface area contributed by atoms with Crippen molar-refractivity contribution in [1.29, 1.82) is 0 Å². The zero-order chi connectivity index (χ0) is 16.7. The molecule has 0 aromatic carbocycles. The lowest BCUT2D eigenvalue weighted by Gasteiger charge is -2.25. The number of aryl methyl sites for hydroxylation is 1. The van der Waals surface area contributed by atoms with Gasteiger partial charge in [-0.15, -0.1) is 0 Å². The maximum atomic E-state index is 12.6. The summed E-state index contributed by atoms with van der Waals surface area (Å²) in [5.41, 5.74) is 0. The lowest BCUT2D eigenvalue weighted by molar-refractivity contribution is -0.138. The van der Waals surface area contributed by atoms with Gasteiger partial charge < -0.3 is 19.5 Å². The number of carbonyl (C=O) groups is 2. The summed E-state index contributed by atoms with van der Waals surface area (Å²) in [5, 5.41) is 6.39. The summed E-state index contributed by atoms with van der Waals surface area (Å²) in [6.07, 6.45) is 4.73. The SMILES string of the molecule is COCCCN(CC(=O)Nc1cc(C)on1)C(=O)C1CCCC1. The van der Waals surface area contributed by atoms with Crippen molar-refractivity contribution in [3.63, 3.8) is 0 Å². The molecule has 1 aromatic heterocycles. The van der Waals surface area contributed by atoms with Crippen LogP contribution in [-0.4, -0.2) is 48.7 Å². The molecule has 0 unspecified atom stereocenters. The molecule has 1 aromatic rings. The molecule has 2 rings (SSSR count). The van der Waals surface area contributed by atoms with E-state index in [9.17, 15) is 9.59 Å². The standard InChI is InChI=1S/C16H25N3O4/c1-12-10-14(18-23-12)17-15(20)11-19(8-5-9-22-2)16(21)13-6-3-4-7-13/h10,13H,3-9,11H2,1-2H3,(H,17,18,20). The van der Waals surface area contributed by atoms with E-state index >= 15 is 0 Å². The first-order valence-corrected chi connectivity index (χ1v) is 8.11. The van der Waals surface area contributed by atoms with Crippen LogP contribution in [0.15, 0.2) is 10.6 Å². The highest BCUT2D eigenvalue weighted by Crippen LogP contribution is 2.26. The lowest BCUT2D eigenvalue weighted by Crippen LogP contribution is -2.41. The van der Waals surface area contributed by atoms with E-state index < -0.39 is 0 Å². The van der Waals surface area contributed by atoms with Crippen LogP contribution in [0.25, 0.3) is 0 Å². The number of nitrogens with zero attached hydrogens (tertiary/aromatic N) is 2. The van der Waals surface area contributed by atoms with Crippen molar-refractivity contribution in [2.24, 2.45) is 5.92 Å². The third kappa shape index (κ3) is 5.35. The summed E-state index contributed by atoms with van der Waals surface area (Å²) in [5.74, 6) is 0.865. The fourth-order valence-corrected chi connectivity index (χ4v) is 2.88. The van der Waals surface area contributed by atoms with Crippen LogP contribution in [0.1, 0.15) is 37.9 Å². The van der Waals surface area contributed by atoms with Gasteiger partial charge in [-0.25, -0.2) is 0 Å². The second kappa shape index (κ2) is 8.67. The topological polar surface area (TPSA) is 84.7 Å². The lowest BCUT2D eigenvalue weighted by atomic mass is 10.1. The van der Waals surface area contributed by atoms with Gasteiger partial charge in [-0.2, -0.15) is 0 Å². The molecular formula is C16H25N3O4. The highest BCUT2D eigenvalue weighted by atomic mass is 16.5. The van der Waals surface area contributed by atoms with E-state index in [1.165, 1.54) is 0 Å². The number of rotatable bonds is 8. The van der Waals surface area contributed by atoms with Crippen LogP contribution >= 0.6 is 0 Å². The number of hydrogen-bond acceptors (Lipinski definition) is 5. The van der Waals surface area contributed by atoms with E-state index in [0.717, 1.165) is 25.7 Å². The van der Waals surface area contributed by atoms with Crippen molar-refractivity contribution >= 4 is 17.6 Å². The van der Waals surface area contributed by atoms with Crippen LogP contribution in [0.5, 0.6) is 0 Å². The molecule has 0 saturated heterocycles. The average Bonchev–Trinajstić information content (AvgIpc) is 3.17. The minimum atomic E-state index is -0.262. The minimum absolute atomic E-state index is 0.0327. The number of ether oxygens (including phenoxy) is 1. The van der Waals surface area contributed by atoms with E-state index in [4.69, 9.17) is 9.26 Å². The minimum Gasteiger partial charge on any atom is -0.385 e. The molecule has 1 N–H and O–H groups in total. The first-order valence-electron chi connectivity index (χ1n) is 8.11. The van der Waals surface area contributed by atoms with Gasteiger partial charge in [-0.3, -0.25) is 9.59 Å². The zero-order valence-corrected chi connectivity index (χ0v) is 13.8. The molecule has 7 nitrogen and oxygen atoms in total. The number of nitrogens with one attached hydrogen (secondary N) is 1. The number of carbonyl (C=O) groups excluding carboxylic acids is 2. The normalized spacial score (nSPS) is 14.9. The Labute approximate surface area is 136 Å². The number of hydrogen-bond donors (Lipinski definition) is 1. The Morgan fingerprint density at radius 3 is 2.78 bits per heavy atom. The van der Waals surface area contributed by atoms with Crippen LogP contribution in [-0.2, 0) is 14.3 Å². The molecule has 0 spiro atoms. The molecule has 0 atom stereocenters. The molecule has 1 aliphatic rings. The number of methoxy groups -OCH3 is 1. The highest BCUT2D eigenvalue weighted by Gasteiger charge is 2.28. The highest BCUT2D eigenvalue weighted by molar-refractivity contribution is 5.94. The van der Waals surface area contributed by atoms with Crippen molar-refractivity contribution in [3.8, 4) is 0 Å². The van der Waals surface area contributed by atoms with Crippen molar-refractivity contribution in [2.45, 2.75) is 39.0 Å². The summed E-state index contributed by atoms with van der Waals surface area (Å²) in [7, 11) is 1.63. The molecule has 1 saturated carbocycles. The van der Waals surface area contributed by atoms with Crippen LogP contribution in [0.4, 0.5) is 5.82 Å². The van der Waals surface area contributed by atoms with Gasteiger partial charge in [-0.1, -0.05) is 18.0 Å². The Kier molecular flexibility index (Phi) is 6.58. The molecule has 23 heavy (non-hydrogen) atoms. The van der Waals surface area contributed by atoms with Crippen LogP contribution in [0.2, 0.25) is 0 Å². The maximum absolute atomic E-state index is 12.6. The molecule has 128 valence electrons. The molecule has 2 amide bonds. The van der Waals surface area contributed by atoms with Crippen LogP contribution in [0.3, 0.4) is 0 Å². The number of anilines is 1. The summed E-state index contributed by atoms with van der Waals surface area (Å²) in [6, 6.07) is 1.64. The molecule has 1 fully saturated rings. The summed E-state index contributed by atoms with van der Waals surface area (Å²) >= 11 is 0. The average molecular weight is 323 g/mol. The monoisotopic (exact) mass is 323 g/mol. The zero-order valence-electron chi connectivity index (χ0n) is 13.8. The smallest absolute Gasteiger partial charge is 0.245 e. The fourth-order valence-electron chi connectivity index (χ4n) is 2.88. The largest absolute Gasteiger partial charge is 0.385 e. The Morgan fingerprint density at radius 1 is 1.43 bits per heavy atom. The second-order valence-corrected chi connectivity index (χ2v) is 5.96. The molecule has 7 heteroatoms. The maximum Gasteiger partial charge on any atom is 0.245 e. The van der Waals surface area contributed by atoms with Gasteiger partial charge in [0.15, 0.2) is 5.82 Å². The van der Waals surface area contributed by atoms with Gasteiger partial charge in [0.2, 0.25) is 11.8 Å². The van der Waals surface area contributed by atoms with E-state index in [1.54, 1.807) is 25.0 Å². The molecule has 1 heterocycles. The molecule has 0 radical (unpaired) electrons. The molecule has 0 aliphatic heterocycles. The second-order valence-electron chi connectivity index (χ2n) is 5.96. The van der Waals surface area contributed by atoms with Crippen LogP contribution < -0.4 is 5.32 Å². The van der Waals surface area contributed by atoms with E-state index in [1.807, 2.05) is 0 Å². The Morgan fingerprint density at radius 2 is 2.17 bits per heavy atom.